The molecule has 0 amide bonds. The van der Waals surface area contributed by atoms with Crippen molar-refractivity contribution in [3.8, 4) is 11.5 Å². The Balaban J connectivity index is 0.902. The molecule has 0 aromatic heterocycles. The number of benzene rings is 14. The van der Waals surface area contributed by atoms with Gasteiger partial charge >= 0.3 is 0 Å². The molecule has 14 rings (SSSR count). The summed E-state index contributed by atoms with van der Waals surface area (Å²) in [5.41, 5.74) is 0. The second-order valence-electron chi connectivity index (χ2n) is 17.0. The molecule has 1 heteroatoms. The normalized spacial score (nSPS) is 12.3. The predicted octanol–water partition coefficient (Wildman–Crippen LogP) is 17.3. The fourth-order valence-corrected chi connectivity index (χ4v) is 10.3. The molecular formula is C60H34O. The van der Waals surface area contributed by atoms with Gasteiger partial charge in [-0.25, -0.2) is 0 Å². The van der Waals surface area contributed by atoms with Gasteiger partial charge in [-0.2, -0.15) is 0 Å². The SMILES string of the molecule is c1ccc2cc3cc4c(ccc5cc6cc7cccc(Oc8cccc9cc%10cc%11ccc%12cc%13cc%14ccccc%14cc%13cc%12c%11cc%10cc89)c7cc6cc54)cc3cc2c1. The standard InChI is InChI=1S/C60H34O/c1-3-9-37-21-49-29-53-41(25-45(49)19-35(37)7-1)15-17-43-27-47-23-39-11-5-13-59(57(39)33-51(47)31-55(43)53)61-60-14-6-12-40-24-48-28-44-18-16-42-26-46-20-36-8-2-4-10-38(36)22-50(46)30-54(42)56(44)32-52(48)34-58(40)60/h1-34H. The van der Waals surface area contributed by atoms with E-state index in [-0.39, 0.29) is 0 Å². The Hall–Kier alpha value is -8.00. The lowest BCUT2D eigenvalue weighted by atomic mass is 9.94. The van der Waals surface area contributed by atoms with E-state index >= 15 is 0 Å². The van der Waals surface area contributed by atoms with E-state index in [2.05, 4.69) is 206 Å². The van der Waals surface area contributed by atoms with E-state index in [1.807, 2.05) is 0 Å². The summed E-state index contributed by atoms with van der Waals surface area (Å²) in [6.07, 6.45) is 0. The highest BCUT2D eigenvalue weighted by atomic mass is 16.5. The summed E-state index contributed by atoms with van der Waals surface area (Å²) in [5, 5.41) is 29.6. The van der Waals surface area contributed by atoms with Crippen LogP contribution in [-0.4, -0.2) is 0 Å². The molecule has 0 heterocycles. The van der Waals surface area contributed by atoms with E-state index in [9.17, 15) is 0 Å². The first kappa shape index (κ1) is 32.9. The fourth-order valence-electron chi connectivity index (χ4n) is 10.3. The first-order valence-electron chi connectivity index (χ1n) is 21.1. The van der Waals surface area contributed by atoms with Crippen LogP contribution < -0.4 is 4.74 Å². The van der Waals surface area contributed by atoms with E-state index in [0.29, 0.717) is 0 Å². The van der Waals surface area contributed by atoms with Crippen LogP contribution in [0, 0.1) is 0 Å². The van der Waals surface area contributed by atoms with Crippen molar-refractivity contribution >= 4 is 129 Å². The second-order valence-corrected chi connectivity index (χ2v) is 17.0. The minimum absolute atomic E-state index is 0.854. The Labute approximate surface area is 350 Å². The number of ether oxygens (including phenoxy) is 1. The number of hydrogen-bond acceptors (Lipinski definition) is 1. The number of rotatable bonds is 2. The molecule has 14 aromatic rings. The third kappa shape index (κ3) is 5.08. The van der Waals surface area contributed by atoms with Crippen LogP contribution >= 0.6 is 0 Å². The van der Waals surface area contributed by atoms with Gasteiger partial charge in [0, 0.05) is 10.8 Å². The van der Waals surface area contributed by atoms with Crippen molar-refractivity contribution in [1.82, 2.24) is 0 Å². The predicted molar refractivity (Wildman–Crippen MR) is 263 cm³/mol. The highest BCUT2D eigenvalue weighted by molar-refractivity contribution is 6.19. The summed E-state index contributed by atoms with van der Waals surface area (Å²) in [7, 11) is 0. The van der Waals surface area contributed by atoms with Gasteiger partial charge in [0.1, 0.15) is 11.5 Å². The van der Waals surface area contributed by atoms with Crippen LogP contribution in [0.1, 0.15) is 0 Å². The van der Waals surface area contributed by atoms with Gasteiger partial charge in [0.15, 0.2) is 0 Å². The molecule has 0 aliphatic carbocycles. The Kier molecular flexibility index (Phi) is 6.62. The van der Waals surface area contributed by atoms with E-state index in [1.54, 1.807) is 0 Å². The van der Waals surface area contributed by atoms with E-state index in [4.69, 9.17) is 4.74 Å². The quantitative estimate of drug-likeness (QED) is 0.126. The molecule has 0 aliphatic rings. The summed E-state index contributed by atoms with van der Waals surface area (Å²) in [6, 6.07) is 76.5. The molecule has 0 aliphatic heterocycles. The molecule has 0 bridgehead atoms. The summed E-state index contributed by atoms with van der Waals surface area (Å²) in [6.45, 7) is 0. The van der Waals surface area contributed by atoms with Gasteiger partial charge in [0.05, 0.1) is 0 Å². The van der Waals surface area contributed by atoms with Crippen LogP contribution in [0.5, 0.6) is 11.5 Å². The first-order chi connectivity index (χ1) is 30.1. The monoisotopic (exact) mass is 770 g/mol. The van der Waals surface area contributed by atoms with Gasteiger partial charge < -0.3 is 4.74 Å². The molecule has 280 valence electrons. The zero-order chi connectivity index (χ0) is 39.8. The first-order valence-corrected chi connectivity index (χ1v) is 21.1. The minimum atomic E-state index is 0.854. The van der Waals surface area contributed by atoms with Gasteiger partial charge in [0.25, 0.3) is 0 Å². The van der Waals surface area contributed by atoms with Crippen molar-refractivity contribution in [3.05, 3.63) is 206 Å². The molecule has 61 heavy (non-hydrogen) atoms. The fraction of sp³-hybridized carbons (Fsp3) is 0. The highest BCUT2D eigenvalue weighted by Gasteiger charge is 2.13. The smallest absolute Gasteiger partial charge is 0.135 e. The minimum Gasteiger partial charge on any atom is -0.456 e. The van der Waals surface area contributed by atoms with Crippen LogP contribution in [0.15, 0.2) is 206 Å². The molecule has 0 radical (unpaired) electrons. The Morgan fingerprint density at radius 2 is 0.393 bits per heavy atom. The molecule has 0 spiro atoms. The van der Waals surface area contributed by atoms with E-state index in [1.165, 1.54) is 108 Å². The lowest BCUT2D eigenvalue weighted by Gasteiger charge is -2.14. The molecular weight excluding hydrogens is 737 g/mol. The summed E-state index contributed by atoms with van der Waals surface area (Å²) in [5.74, 6) is 1.71. The molecule has 0 saturated heterocycles. The van der Waals surface area contributed by atoms with Crippen LogP contribution in [0.25, 0.3) is 129 Å². The van der Waals surface area contributed by atoms with Gasteiger partial charge in [0.2, 0.25) is 0 Å². The van der Waals surface area contributed by atoms with Crippen LogP contribution in [-0.2, 0) is 0 Å². The molecule has 0 atom stereocenters. The number of fused-ring (bicyclic) bond motifs is 14. The molecule has 0 unspecified atom stereocenters. The van der Waals surface area contributed by atoms with E-state index < -0.39 is 0 Å². The average molecular weight is 771 g/mol. The lowest BCUT2D eigenvalue weighted by molar-refractivity contribution is 0.494. The zero-order valence-electron chi connectivity index (χ0n) is 33.0. The average Bonchev–Trinajstić information content (AvgIpc) is 3.29. The Bertz CT molecular complexity index is 3980. The van der Waals surface area contributed by atoms with Gasteiger partial charge in [-0.1, -0.05) is 97.1 Å². The molecule has 14 aromatic carbocycles. The molecule has 1 nitrogen and oxygen atoms in total. The van der Waals surface area contributed by atoms with Gasteiger partial charge in [-0.3, -0.25) is 0 Å². The van der Waals surface area contributed by atoms with Gasteiger partial charge in [-0.15, -0.1) is 0 Å². The summed E-state index contributed by atoms with van der Waals surface area (Å²) >= 11 is 0. The molecule has 0 fully saturated rings. The maximum Gasteiger partial charge on any atom is 0.135 e. The Morgan fingerprint density at radius 1 is 0.164 bits per heavy atom. The highest BCUT2D eigenvalue weighted by Crippen LogP contribution is 2.41. The van der Waals surface area contributed by atoms with Crippen molar-refractivity contribution in [2.45, 2.75) is 0 Å². The summed E-state index contributed by atoms with van der Waals surface area (Å²) < 4.78 is 6.98. The Morgan fingerprint density at radius 3 is 0.721 bits per heavy atom. The molecule has 0 N–H and O–H groups in total. The van der Waals surface area contributed by atoms with Crippen molar-refractivity contribution < 1.29 is 4.74 Å². The summed E-state index contributed by atoms with van der Waals surface area (Å²) in [4.78, 5) is 0. The van der Waals surface area contributed by atoms with Crippen molar-refractivity contribution in [2.24, 2.45) is 0 Å². The van der Waals surface area contributed by atoms with Crippen LogP contribution in [0.2, 0.25) is 0 Å². The largest absolute Gasteiger partial charge is 0.456 e. The maximum atomic E-state index is 6.98. The lowest BCUT2D eigenvalue weighted by Crippen LogP contribution is -1.89. The second kappa shape index (κ2) is 12.3. The van der Waals surface area contributed by atoms with Crippen molar-refractivity contribution in [3.63, 3.8) is 0 Å². The maximum absolute atomic E-state index is 6.98. The van der Waals surface area contributed by atoms with Crippen molar-refractivity contribution in [2.75, 3.05) is 0 Å². The number of hydrogen-bond donors (Lipinski definition) is 0. The third-order valence-corrected chi connectivity index (χ3v) is 13.4. The van der Waals surface area contributed by atoms with E-state index in [0.717, 1.165) is 33.0 Å². The van der Waals surface area contributed by atoms with Crippen LogP contribution in [0.3, 0.4) is 0 Å². The van der Waals surface area contributed by atoms with Crippen LogP contribution in [0.4, 0.5) is 0 Å². The topological polar surface area (TPSA) is 9.23 Å². The molecule has 0 saturated carbocycles. The van der Waals surface area contributed by atoms with Gasteiger partial charge in [-0.05, 0) is 228 Å². The third-order valence-electron chi connectivity index (χ3n) is 13.4. The van der Waals surface area contributed by atoms with Crippen molar-refractivity contribution in [1.29, 1.82) is 0 Å². The zero-order valence-corrected chi connectivity index (χ0v) is 33.0.